The highest BCUT2D eigenvalue weighted by atomic mass is 16.5. The van der Waals surface area contributed by atoms with E-state index >= 15 is 0 Å². The number of aliphatic hydroxyl groups is 2. The van der Waals surface area contributed by atoms with Crippen molar-refractivity contribution in [1.29, 1.82) is 0 Å². The van der Waals surface area contributed by atoms with Gasteiger partial charge < -0.3 is 24.9 Å². The second-order valence-corrected chi connectivity index (χ2v) is 9.33. The number of nitrogens with two attached hydrogens (primary N) is 1. The maximum atomic E-state index is 8.08. The van der Waals surface area contributed by atoms with Crippen molar-refractivity contribution in [3.05, 3.63) is 66.5 Å². The Balaban J connectivity index is 0.000000471. The highest BCUT2D eigenvalue weighted by Gasteiger charge is 2.21. The van der Waals surface area contributed by atoms with Gasteiger partial charge in [0.25, 0.3) is 0 Å². The standard InChI is InChI=1S/C22H24N6.C3H8O2/c1-15(28-8-5-19-21(23)25-14-26-22(19)28)2-3-16-10-18(11-16)12-17-4-7-27-9-6-24-20(27)13-17;1-3(2,4)5/h4-10,13-16H,2-3,11-12H2,1H3,(H2,23,25,26);4-5H,1-2H3. The first kappa shape index (κ1) is 22.9. The van der Waals surface area contributed by atoms with Crippen LogP contribution in [0, 0.1) is 5.92 Å². The Hall–Kier alpha value is -3.23. The van der Waals surface area contributed by atoms with Gasteiger partial charge in [0.2, 0.25) is 0 Å². The van der Waals surface area contributed by atoms with Crippen molar-refractivity contribution in [3.8, 4) is 0 Å². The van der Waals surface area contributed by atoms with E-state index in [9.17, 15) is 0 Å². The van der Waals surface area contributed by atoms with E-state index in [4.69, 9.17) is 15.9 Å². The molecule has 4 N–H and O–H groups in total. The van der Waals surface area contributed by atoms with E-state index in [-0.39, 0.29) is 0 Å². The molecule has 0 radical (unpaired) electrons. The molecule has 4 aromatic heterocycles. The predicted molar refractivity (Wildman–Crippen MR) is 129 cm³/mol. The molecule has 2 atom stereocenters. The third-order valence-electron chi connectivity index (χ3n) is 5.86. The molecule has 8 heteroatoms. The number of anilines is 1. The fourth-order valence-electron chi connectivity index (χ4n) is 4.22. The van der Waals surface area contributed by atoms with Gasteiger partial charge in [-0.05, 0) is 76.1 Å². The lowest BCUT2D eigenvalue weighted by Gasteiger charge is -2.27. The third kappa shape index (κ3) is 5.77. The van der Waals surface area contributed by atoms with Crippen molar-refractivity contribution in [3.63, 3.8) is 0 Å². The lowest BCUT2D eigenvalue weighted by Crippen LogP contribution is -2.15. The van der Waals surface area contributed by atoms with Crippen molar-refractivity contribution in [2.75, 3.05) is 5.73 Å². The number of nitrogens with zero attached hydrogens (tertiary/aromatic N) is 5. The molecule has 1 aliphatic carbocycles. The smallest absolute Gasteiger partial charge is 0.156 e. The molecule has 1 aliphatic rings. The van der Waals surface area contributed by atoms with Crippen molar-refractivity contribution < 1.29 is 10.2 Å². The molecule has 5 rings (SSSR count). The topological polar surface area (TPSA) is 114 Å². The van der Waals surface area contributed by atoms with Gasteiger partial charge in [-0.3, -0.25) is 0 Å². The molecule has 0 spiro atoms. The Bertz CT molecular complexity index is 1260. The van der Waals surface area contributed by atoms with Gasteiger partial charge in [-0.25, -0.2) is 15.0 Å². The summed E-state index contributed by atoms with van der Waals surface area (Å²) >= 11 is 0. The minimum Gasteiger partial charge on any atom is -0.383 e. The molecule has 0 aliphatic heterocycles. The van der Waals surface area contributed by atoms with Crippen molar-refractivity contribution in [1.82, 2.24) is 23.9 Å². The van der Waals surface area contributed by atoms with Gasteiger partial charge in [-0.15, -0.1) is 0 Å². The summed E-state index contributed by atoms with van der Waals surface area (Å²) < 4.78 is 4.27. The minimum absolute atomic E-state index is 0.395. The Labute approximate surface area is 193 Å². The van der Waals surface area contributed by atoms with Crippen LogP contribution in [-0.4, -0.2) is 39.9 Å². The molecule has 8 nitrogen and oxygen atoms in total. The Morgan fingerprint density at radius 3 is 2.67 bits per heavy atom. The number of imidazole rings is 1. The molecular formula is C25H32N6O2. The largest absolute Gasteiger partial charge is 0.383 e. The molecule has 4 heterocycles. The predicted octanol–water partition coefficient (Wildman–Crippen LogP) is 3.90. The van der Waals surface area contributed by atoms with Gasteiger partial charge in [0.05, 0.1) is 5.39 Å². The summed E-state index contributed by atoms with van der Waals surface area (Å²) in [7, 11) is 0. The number of aromatic nitrogens is 5. The lowest BCUT2D eigenvalue weighted by atomic mass is 9.80. The summed E-state index contributed by atoms with van der Waals surface area (Å²) in [6.45, 7) is 4.85. The van der Waals surface area contributed by atoms with Gasteiger partial charge >= 0.3 is 0 Å². The highest BCUT2D eigenvalue weighted by molar-refractivity contribution is 5.86. The first-order valence-electron chi connectivity index (χ1n) is 11.3. The molecule has 4 aromatic rings. The van der Waals surface area contributed by atoms with Crippen LogP contribution in [0.1, 0.15) is 51.6 Å². The van der Waals surface area contributed by atoms with Gasteiger partial charge in [-0.2, -0.15) is 0 Å². The number of allylic oxidation sites excluding steroid dienone is 2. The van der Waals surface area contributed by atoms with Gasteiger partial charge in [-0.1, -0.05) is 11.6 Å². The van der Waals surface area contributed by atoms with E-state index in [0.29, 0.717) is 17.8 Å². The summed E-state index contributed by atoms with van der Waals surface area (Å²) in [6.07, 6.45) is 16.6. The SMILES string of the molecule is CC(C)(O)O.CC(CCC1C=C(Cc2ccn3ccnc3c2)C1)n1ccc2c(N)ncnc21. The third-order valence-corrected chi connectivity index (χ3v) is 5.86. The van der Waals surface area contributed by atoms with E-state index in [1.807, 2.05) is 22.9 Å². The van der Waals surface area contributed by atoms with Gasteiger partial charge in [0.1, 0.15) is 23.4 Å². The average molecular weight is 449 g/mol. The zero-order chi connectivity index (χ0) is 23.6. The first-order chi connectivity index (χ1) is 15.7. The van der Waals surface area contributed by atoms with Crippen LogP contribution in [0.3, 0.4) is 0 Å². The van der Waals surface area contributed by atoms with Crippen molar-refractivity contribution in [2.45, 2.75) is 58.3 Å². The molecule has 0 fully saturated rings. The summed E-state index contributed by atoms with van der Waals surface area (Å²) in [5, 5.41) is 17.1. The summed E-state index contributed by atoms with van der Waals surface area (Å²) in [4.78, 5) is 12.9. The second-order valence-electron chi connectivity index (χ2n) is 9.33. The maximum absolute atomic E-state index is 8.08. The molecular weight excluding hydrogens is 416 g/mol. The van der Waals surface area contributed by atoms with Gasteiger partial charge in [0, 0.05) is 30.8 Å². The summed E-state index contributed by atoms with van der Waals surface area (Å²) in [6, 6.07) is 6.78. The van der Waals surface area contributed by atoms with Crippen LogP contribution < -0.4 is 5.73 Å². The molecule has 0 saturated carbocycles. The van der Waals surface area contributed by atoms with E-state index in [0.717, 1.165) is 29.5 Å². The van der Waals surface area contributed by atoms with Crippen LogP contribution in [0.25, 0.3) is 16.7 Å². The quantitative estimate of drug-likeness (QED) is 0.304. The van der Waals surface area contributed by atoms with E-state index in [1.54, 1.807) is 11.9 Å². The number of nitrogen functional groups attached to an aromatic ring is 1. The fraction of sp³-hybridized carbons (Fsp3) is 0.400. The molecule has 2 unspecified atom stereocenters. The first-order valence-corrected chi connectivity index (χ1v) is 11.3. The molecule has 0 amide bonds. The molecule has 33 heavy (non-hydrogen) atoms. The zero-order valence-electron chi connectivity index (χ0n) is 19.4. The Morgan fingerprint density at radius 1 is 1.15 bits per heavy atom. The number of pyridine rings is 1. The fourth-order valence-corrected chi connectivity index (χ4v) is 4.22. The molecule has 174 valence electrons. The van der Waals surface area contributed by atoms with Crippen LogP contribution in [0.2, 0.25) is 0 Å². The number of fused-ring (bicyclic) bond motifs is 2. The normalized spacial score (nSPS) is 16.8. The monoisotopic (exact) mass is 448 g/mol. The number of hydrogen-bond donors (Lipinski definition) is 3. The average Bonchev–Trinajstić information content (AvgIpc) is 3.35. The van der Waals surface area contributed by atoms with Crippen LogP contribution in [0.4, 0.5) is 5.82 Å². The summed E-state index contributed by atoms with van der Waals surface area (Å²) in [5.41, 5.74) is 10.8. The Kier molecular flexibility index (Phi) is 6.49. The van der Waals surface area contributed by atoms with Crippen LogP contribution in [-0.2, 0) is 6.42 Å². The lowest BCUT2D eigenvalue weighted by molar-refractivity contribution is -0.127. The van der Waals surface area contributed by atoms with E-state index in [1.165, 1.54) is 32.3 Å². The number of rotatable bonds is 6. The maximum Gasteiger partial charge on any atom is 0.156 e. The highest BCUT2D eigenvalue weighted by Crippen LogP contribution is 2.34. The van der Waals surface area contributed by atoms with Crippen molar-refractivity contribution >= 4 is 22.5 Å². The van der Waals surface area contributed by atoms with E-state index < -0.39 is 5.79 Å². The second kappa shape index (κ2) is 9.33. The number of hydrogen-bond acceptors (Lipinski definition) is 6. The van der Waals surface area contributed by atoms with Crippen molar-refractivity contribution in [2.24, 2.45) is 5.92 Å². The molecule has 0 saturated heterocycles. The minimum atomic E-state index is -1.50. The van der Waals surface area contributed by atoms with Gasteiger partial charge in [0.15, 0.2) is 5.79 Å². The Morgan fingerprint density at radius 2 is 1.91 bits per heavy atom. The van der Waals surface area contributed by atoms with Crippen LogP contribution in [0.15, 0.2) is 61.0 Å². The van der Waals surface area contributed by atoms with E-state index in [2.05, 4.69) is 57.0 Å². The van der Waals surface area contributed by atoms with Crippen LogP contribution >= 0.6 is 0 Å². The summed E-state index contributed by atoms with van der Waals surface area (Å²) in [5.74, 6) is -0.259. The zero-order valence-corrected chi connectivity index (χ0v) is 19.4. The molecule has 0 bridgehead atoms. The van der Waals surface area contributed by atoms with Crippen LogP contribution in [0.5, 0.6) is 0 Å². The molecule has 0 aromatic carbocycles.